The van der Waals surface area contributed by atoms with Gasteiger partial charge in [0.05, 0.1) is 32.5 Å². The molecule has 0 saturated heterocycles. The molecule has 0 saturated carbocycles. The topological polar surface area (TPSA) is 85.9 Å². The number of para-hydroxylation sites is 1. The lowest BCUT2D eigenvalue weighted by molar-refractivity contribution is 0.0600. The second-order valence-electron chi connectivity index (χ2n) is 8.59. The van der Waals surface area contributed by atoms with Gasteiger partial charge in [-0.1, -0.05) is 19.1 Å². The van der Waals surface area contributed by atoms with Crippen LogP contribution in [0.2, 0.25) is 0 Å². The molecule has 4 rings (SSSR count). The van der Waals surface area contributed by atoms with Gasteiger partial charge in [-0.25, -0.2) is 4.79 Å². The SMILES string of the molecule is COC(=O)c1ccc(NC(=O)c2c(NCc3cccc(OC)c3OC)sc3c2CC[C@@H](C)C3)cc1. The molecule has 184 valence electrons. The normalized spacial score (nSPS) is 14.6. The third-order valence-corrected chi connectivity index (χ3v) is 7.44. The van der Waals surface area contributed by atoms with Gasteiger partial charge in [0.1, 0.15) is 5.00 Å². The van der Waals surface area contributed by atoms with Gasteiger partial charge in [0.2, 0.25) is 0 Å². The molecule has 1 atom stereocenters. The van der Waals surface area contributed by atoms with Crippen LogP contribution in [0.1, 0.15) is 50.1 Å². The Morgan fingerprint density at radius 1 is 1.06 bits per heavy atom. The van der Waals surface area contributed by atoms with Gasteiger partial charge in [-0.3, -0.25) is 4.79 Å². The molecular formula is C27H30N2O5S. The molecule has 0 spiro atoms. The van der Waals surface area contributed by atoms with E-state index in [1.807, 2.05) is 18.2 Å². The Labute approximate surface area is 209 Å². The highest BCUT2D eigenvalue weighted by Gasteiger charge is 2.28. The molecule has 0 bridgehead atoms. The zero-order valence-corrected chi connectivity index (χ0v) is 21.2. The fourth-order valence-electron chi connectivity index (χ4n) is 4.39. The summed E-state index contributed by atoms with van der Waals surface area (Å²) in [5.41, 5.74) is 3.80. The summed E-state index contributed by atoms with van der Waals surface area (Å²) in [7, 11) is 4.58. The molecular weight excluding hydrogens is 464 g/mol. The molecule has 2 N–H and O–H groups in total. The third kappa shape index (κ3) is 5.27. The number of hydrogen-bond acceptors (Lipinski definition) is 7. The largest absolute Gasteiger partial charge is 0.493 e. The maximum atomic E-state index is 13.5. The first-order valence-electron chi connectivity index (χ1n) is 11.5. The number of thiophene rings is 1. The van der Waals surface area contributed by atoms with Gasteiger partial charge in [0, 0.05) is 22.7 Å². The Bertz CT molecular complexity index is 1220. The minimum Gasteiger partial charge on any atom is -0.493 e. The smallest absolute Gasteiger partial charge is 0.337 e. The fraction of sp³-hybridized carbons (Fsp3) is 0.333. The van der Waals surface area contributed by atoms with E-state index in [0.29, 0.717) is 40.8 Å². The number of hydrogen-bond donors (Lipinski definition) is 2. The molecule has 1 heterocycles. The zero-order valence-electron chi connectivity index (χ0n) is 20.4. The number of fused-ring (bicyclic) bond motifs is 1. The van der Waals surface area contributed by atoms with Crippen LogP contribution in [0.5, 0.6) is 11.5 Å². The molecule has 1 aliphatic carbocycles. The van der Waals surface area contributed by atoms with Gasteiger partial charge in [0.15, 0.2) is 11.5 Å². The van der Waals surface area contributed by atoms with Crippen LogP contribution in [-0.2, 0) is 24.1 Å². The van der Waals surface area contributed by atoms with Crippen LogP contribution in [0, 0.1) is 5.92 Å². The number of carbonyl (C=O) groups is 2. The number of anilines is 2. The quantitative estimate of drug-likeness (QED) is 0.400. The lowest BCUT2D eigenvalue weighted by Gasteiger charge is -2.19. The first kappa shape index (κ1) is 24.6. The molecule has 3 aromatic rings. The van der Waals surface area contributed by atoms with Crippen molar-refractivity contribution in [2.24, 2.45) is 5.92 Å². The van der Waals surface area contributed by atoms with Crippen molar-refractivity contribution in [3.63, 3.8) is 0 Å². The molecule has 1 aliphatic rings. The zero-order chi connectivity index (χ0) is 24.9. The van der Waals surface area contributed by atoms with Crippen molar-refractivity contribution < 1.29 is 23.8 Å². The van der Waals surface area contributed by atoms with Crippen molar-refractivity contribution in [2.45, 2.75) is 32.7 Å². The van der Waals surface area contributed by atoms with Crippen molar-refractivity contribution >= 4 is 33.9 Å². The van der Waals surface area contributed by atoms with Crippen molar-refractivity contribution in [1.29, 1.82) is 0 Å². The van der Waals surface area contributed by atoms with Gasteiger partial charge in [0.25, 0.3) is 5.91 Å². The predicted octanol–water partition coefficient (Wildman–Crippen LogP) is 5.54. The first-order valence-corrected chi connectivity index (χ1v) is 12.3. The molecule has 0 radical (unpaired) electrons. The van der Waals surface area contributed by atoms with Crippen molar-refractivity contribution in [1.82, 2.24) is 0 Å². The third-order valence-electron chi connectivity index (χ3n) is 6.23. The summed E-state index contributed by atoms with van der Waals surface area (Å²) in [6, 6.07) is 12.5. The molecule has 0 aliphatic heterocycles. The van der Waals surface area contributed by atoms with Crippen LogP contribution < -0.4 is 20.1 Å². The first-order chi connectivity index (χ1) is 16.9. The van der Waals surface area contributed by atoms with Crippen LogP contribution in [0.4, 0.5) is 10.7 Å². The van der Waals surface area contributed by atoms with Gasteiger partial charge in [-0.15, -0.1) is 11.3 Å². The number of ether oxygens (including phenoxy) is 3. The Morgan fingerprint density at radius 2 is 1.83 bits per heavy atom. The minimum atomic E-state index is -0.414. The van der Waals surface area contributed by atoms with Crippen molar-refractivity contribution in [3.05, 3.63) is 69.6 Å². The van der Waals surface area contributed by atoms with E-state index in [0.717, 1.165) is 35.4 Å². The Morgan fingerprint density at radius 3 is 2.51 bits per heavy atom. The van der Waals surface area contributed by atoms with E-state index >= 15 is 0 Å². The van der Waals surface area contributed by atoms with Crippen molar-refractivity contribution in [3.8, 4) is 11.5 Å². The van der Waals surface area contributed by atoms with E-state index in [1.165, 1.54) is 12.0 Å². The average Bonchev–Trinajstić information content (AvgIpc) is 3.24. The summed E-state index contributed by atoms with van der Waals surface area (Å²) in [5, 5.41) is 7.33. The van der Waals surface area contributed by atoms with Gasteiger partial charge in [-0.2, -0.15) is 0 Å². The highest BCUT2D eigenvalue weighted by molar-refractivity contribution is 7.16. The van der Waals surface area contributed by atoms with Gasteiger partial charge < -0.3 is 24.8 Å². The lowest BCUT2D eigenvalue weighted by Crippen LogP contribution is -2.18. The van der Waals surface area contributed by atoms with Crippen LogP contribution >= 0.6 is 11.3 Å². The van der Waals surface area contributed by atoms with E-state index in [-0.39, 0.29) is 5.91 Å². The summed E-state index contributed by atoms with van der Waals surface area (Å²) in [6.45, 7) is 2.74. The second kappa shape index (κ2) is 10.8. The highest BCUT2D eigenvalue weighted by Crippen LogP contribution is 2.41. The molecule has 8 heteroatoms. The van der Waals surface area contributed by atoms with E-state index in [2.05, 4.69) is 17.6 Å². The van der Waals surface area contributed by atoms with E-state index < -0.39 is 5.97 Å². The molecule has 0 unspecified atom stereocenters. The summed E-state index contributed by atoms with van der Waals surface area (Å²) in [6.07, 6.45) is 2.90. The predicted molar refractivity (Wildman–Crippen MR) is 138 cm³/mol. The Balaban J connectivity index is 1.60. The summed E-state index contributed by atoms with van der Waals surface area (Å²) >= 11 is 1.65. The van der Waals surface area contributed by atoms with Crippen LogP contribution in [-0.4, -0.2) is 33.2 Å². The number of amides is 1. The summed E-state index contributed by atoms with van der Waals surface area (Å²) in [5.74, 6) is 1.36. The number of esters is 1. The summed E-state index contributed by atoms with van der Waals surface area (Å²) < 4.78 is 15.7. The van der Waals surface area contributed by atoms with Gasteiger partial charge in [-0.05, 0) is 61.1 Å². The monoisotopic (exact) mass is 494 g/mol. The Hall–Kier alpha value is -3.52. The van der Waals surface area contributed by atoms with Crippen LogP contribution in [0.25, 0.3) is 0 Å². The molecule has 1 aromatic heterocycles. The number of rotatable bonds is 8. The lowest BCUT2D eigenvalue weighted by atomic mass is 9.88. The Kier molecular flexibility index (Phi) is 7.60. The number of benzene rings is 2. The van der Waals surface area contributed by atoms with E-state index in [4.69, 9.17) is 14.2 Å². The fourth-order valence-corrected chi connectivity index (χ4v) is 5.79. The van der Waals surface area contributed by atoms with Crippen molar-refractivity contribution in [2.75, 3.05) is 32.0 Å². The highest BCUT2D eigenvalue weighted by atomic mass is 32.1. The molecule has 0 fully saturated rings. The maximum absolute atomic E-state index is 13.5. The number of nitrogens with one attached hydrogen (secondary N) is 2. The maximum Gasteiger partial charge on any atom is 0.337 e. The molecule has 7 nitrogen and oxygen atoms in total. The van der Waals surface area contributed by atoms with E-state index in [1.54, 1.807) is 49.8 Å². The average molecular weight is 495 g/mol. The standard InChI is InChI=1S/C27H30N2O5S/c1-16-8-13-20-22(14-16)35-26(28-15-18-6-5-7-21(32-2)24(18)33-3)23(20)25(30)29-19-11-9-17(10-12-19)27(31)34-4/h5-7,9-12,16,28H,8,13-15H2,1-4H3,(H,29,30)/t16-/m1/s1. The van der Waals surface area contributed by atoms with Gasteiger partial charge >= 0.3 is 5.97 Å². The minimum absolute atomic E-state index is 0.164. The second-order valence-corrected chi connectivity index (χ2v) is 9.69. The molecule has 35 heavy (non-hydrogen) atoms. The van der Waals surface area contributed by atoms with Crippen LogP contribution in [0.15, 0.2) is 42.5 Å². The molecule has 1 amide bonds. The summed E-state index contributed by atoms with van der Waals surface area (Å²) in [4.78, 5) is 26.4. The van der Waals surface area contributed by atoms with E-state index in [9.17, 15) is 9.59 Å². The van der Waals surface area contributed by atoms with Crippen LogP contribution in [0.3, 0.4) is 0 Å². The number of methoxy groups -OCH3 is 3. The molecule has 2 aromatic carbocycles. The number of carbonyl (C=O) groups excluding carboxylic acids is 2.